The minimum absolute atomic E-state index is 0.110. The van der Waals surface area contributed by atoms with E-state index < -0.39 is 0 Å². The Morgan fingerprint density at radius 2 is 1.79 bits per heavy atom. The zero-order valence-electron chi connectivity index (χ0n) is 13.2. The Kier molecular flexibility index (Phi) is 5.39. The van der Waals surface area contributed by atoms with Crippen molar-refractivity contribution < 1.29 is 4.74 Å². The summed E-state index contributed by atoms with van der Waals surface area (Å²) in [6.07, 6.45) is 0.983. The molecule has 1 rings (SSSR count). The van der Waals surface area contributed by atoms with Crippen LogP contribution < -0.4 is 10.5 Å². The van der Waals surface area contributed by atoms with Crippen molar-refractivity contribution in [2.45, 2.75) is 46.2 Å². The van der Waals surface area contributed by atoms with Crippen LogP contribution in [-0.4, -0.2) is 31.1 Å². The van der Waals surface area contributed by atoms with E-state index in [1.807, 2.05) is 0 Å². The first kappa shape index (κ1) is 16.0. The number of hydrogen-bond acceptors (Lipinski definition) is 3. The Bertz CT molecular complexity index is 421. The van der Waals surface area contributed by atoms with Crippen molar-refractivity contribution in [2.24, 2.45) is 5.73 Å². The van der Waals surface area contributed by atoms with Crippen LogP contribution in [0.15, 0.2) is 12.1 Å². The molecule has 0 heterocycles. The third-order valence-corrected chi connectivity index (χ3v) is 3.47. The van der Waals surface area contributed by atoms with Gasteiger partial charge < -0.3 is 15.4 Å². The van der Waals surface area contributed by atoms with Crippen LogP contribution in [0.5, 0.6) is 5.75 Å². The highest BCUT2D eigenvalue weighted by molar-refractivity contribution is 5.41. The highest BCUT2D eigenvalue weighted by Gasteiger charge is 2.13. The Labute approximate surface area is 117 Å². The van der Waals surface area contributed by atoms with E-state index >= 15 is 0 Å². The van der Waals surface area contributed by atoms with Gasteiger partial charge in [0.15, 0.2) is 0 Å². The van der Waals surface area contributed by atoms with Gasteiger partial charge in [0.2, 0.25) is 0 Å². The van der Waals surface area contributed by atoms with Gasteiger partial charge in [0.25, 0.3) is 0 Å². The SMILES string of the molecule is COc1cc(C)c(C)cc1CN(C)CCC(C)(C)N. The molecular weight excluding hydrogens is 236 g/mol. The molecule has 19 heavy (non-hydrogen) atoms. The van der Waals surface area contributed by atoms with E-state index in [1.165, 1.54) is 16.7 Å². The molecule has 3 heteroatoms. The summed E-state index contributed by atoms with van der Waals surface area (Å²) in [6.45, 7) is 10.3. The summed E-state index contributed by atoms with van der Waals surface area (Å²) >= 11 is 0. The van der Waals surface area contributed by atoms with Crippen LogP contribution in [0.3, 0.4) is 0 Å². The molecule has 2 N–H and O–H groups in total. The second-order valence-electron chi connectivity index (χ2n) is 6.22. The van der Waals surface area contributed by atoms with Gasteiger partial charge in [-0.2, -0.15) is 0 Å². The van der Waals surface area contributed by atoms with Crippen LogP contribution in [0.1, 0.15) is 37.0 Å². The summed E-state index contributed by atoms with van der Waals surface area (Å²) in [5, 5.41) is 0. The van der Waals surface area contributed by atoms with Crippen LogP contribution in [0.2, 0.25) is 0 Å². The summed E-state index contributed by atoms with van der Waals surface area (Å²) in [5.41, 5.74) is 9.73. The van der Waals surface area contributed by atoms with Crippen molar-refractivity contribution >= 4 is 0 Å². The minimum Gasteiger partial charge on any atom is -0.496 e. The second kappa shape index (κ2) is 6.40. The van der Waals surface area contributed by atoms with E-state index in [2.05, 4.69) is 51.8 Å². The van der Waals surface area contributed by atoms with Gasteiger partial charge >= 0.3 is 0 Å². The molecule has 0 saturated heterocycles. The van der Waals surface area contributed by atoms with Crippen molar-refractivity contribution in [1.82, 2.24) is 4.90 Å². The Morgan fingerprint density at radius 1 is 1.21 bits per heavy atom. The van der Waals surface area contributed by atoms with Crippen molar-refractivity contribution in [3.63, 3.8) is 0 Å². The lowest BCUT2D eigenvalue weighted by Gasteiger charge is -2.24. The molecule has 0 aliphatic rings. The lowest BCUT2D eigenvalue weighted by molar-refractivity contribution is 0.284. The van der Waals surface area contributed by atoms with Crippen molar-refractivity contribution in [2.75, 3.05) is 20.7 Å². The number of aryl methyl sites for hydroxylation is 2. The van der Waals surface area contributed by atoms with E-state index in [9.17, 15) is 0 Å². The predicted octanol–water partition coefficient (Wildman–Crippen LogP) is 2.87. The fraction of sp³-hybridized carbons (Fsp3) is 0.625. The fourth-order valence-corrected chi connectivity index (χ4v) is 2.01. The fourth-order valence-electron chi connectivity index (χ4n) is 2.01. The van der Waals surface area contributed by atoms with Crippen LogP contribution in [0.4, 0.5) is 0 Å². The molecule has 1 aromatic rings. The monoisotopic (exact) mass is 264 g/mol. The summed E-state index contributed by atoms with van der Waals surface area (Å²) in [7, 11) is 3.86. The van der Waals surface area contributed by atoms with Gasteiger partial charge in [0.1, 0.15) is 5.75 Å². The van der Waals surface area contributed by atoms with Gasteiger partial charge in [-0.1, -0.05) is 6.07 Å². The highest BCUT2D eigenvalue weighted by Crippen LogP contribution is 2.24. The molecule has 3 nitrogen and oxygen atoms in total. The van der Waals surface area contributed by atoms with Crippen LogP contribution >= 0.6 is 0 Å². The number of ether oxygens (including phenoxy) is 1. The molecule has 0 spiro atoms. The topological polar surface area (TPSA) is 38.5 Å². The zero-order valence-corrected chi connectivity index (χ0v) is 13.2. The molecule has 1 aromatic carbocycles. The van der Waals surface area contributed by atoms with E-state index in [0.29, 0.717) is 0 Å². The number of nitrogens with two attached hydrogens (primary N) is 1. The molecule has 108 valence electrons. The standard InChI is InChI=1S/C16H28N2O/c1-12-9-14(15(19-6)10-13(12)2)11-18(5)8-7-16(3,4)17/h9-10H,7-8,11,17H2,1-6H3. The first-order chi connectivity index (χ1) is 8.73. The van der Waals surface area contributed by atoms with Gasteiger partial charge in [0.05, 0.1) is 7.11 Å². The van der Waals surface area contributed by atoms with Crippen molar-refractivity contribution in [1.29, 1.82) is 0 Å². The number of methoxy groups -OCH3 is 1. The van der Waals surface area contributed by atoms with E-state index in [0.717, 1.165) is 25.3 Å². The van der Waals surface area contributed by atoms with E-state index in [-0.39, 0.29) is 5.54 Å². The maximum absolute atomic E-state index is 6.03. The molecule has 0 saturated carbocycles. The van der Waals surface area contributed by atoms with Crippen molar-refractivity contribution in [3.8, 4) is 5.75 Å². The lowest BCUT2D eigenvalue weighted by Crippen LogP contribution is -2.36. The molecule has 0 fully saturated rings. The Balaban J connectivity index is 2.73. The van der Waals surface area contributed by atoms with E-state index in [1.54, 1.807) is 7.11 Å². The lowest BCUT2D eigenvalue weighted by atomic mass is 10.0. The van der Waals surface area contributed by atoms with Crippen LogP contribution in [-0.2, 0) is 6.54 Å². The molecule has 0 unspecified atom stereocenters. The maximum Gasteiger partial charge on any atom is 0.123 e. The average molecular weight is 264 g/mol. The van der Waals surface area contributed by atoms with Gasteiger partial charge in [-0.25, -0.2) is 0 Å². The number of benzene rings is 1. The van der Waals surface area contributed by atoms with Gasteiger partial charge in [-0.05, 0) is 64.9 Å². The van der Waals surface area contributed by atoms with Crippen LogP contribution in [0.25, 0.3) is 0 Å². The molecule has 0 amide bonds. The number of hydrogen-bond donors (Lipinski definition) is 1. The molecule has 0 aliphatic heterocycles. The quantitative estimate of drug-likeness (QED) is 0.858. The summed E-state index contributed by atoms with van der Waals surface area (Å²) in [5.74, 6) is 0.974. The molecule has 0 bridgehead atoms. The second-order valence-corrected chi connectivity index (χ2v) is 6.22. The molecule has 0 aliphatic carbocycles. The first-order valence-electron chi connectivity index (χ1n) is 6.84. The third-order valence-electron chi connectivity index (χ3n) is 3.47. The van der Waals surface area contributed by atoms with Crippen molar-refractivity contribution in [3.05, 3.63) is 28.8 Å². The maximum atomic E-state index is 6.03. The normalized spacial score (nSPS) is 12.0. The third kappa shape index (κ3) is 5.21. The first-order valence-corrected chi connectivity index (χ1v) is 6.84. The van der Waals surface area contributed by atoms with Crippen LogP contribution in [0, 0.1) is 13.8 Å². The summed E-state index contributed by atoms with van der Waals surface area (Å²) in [6, 6.07) is 4.34. The Morgan fingerprint density at radius 3 is 2.32 bits per heavy atom. The largest absolute Gasteiger partial charge is 0.496 e. The predicted molar refractivity (Wildman–Crippen MR) is 81.7 cm³/mol. The molecular formula is C16H28N2O. The summed E-state index contributed by atoms with van der Waals surface area (Å²) < 4.78 is 5.48. The number of rotatable bonds is 6. The Hall–Kier alpha value is -1.06. The average Bonchev–Trinajstić information content (AvgIpc) is 2.30. The summed E-state index contributed by atoms with van der Waals surface area (Å²) in [4.78, 5) is 2.29. The van der Waals surface area contributed by atoms with Gasteiger partial charge in [0, 0.05) is 17.6 Å². The molecule has 0 aromatic heterocycles. The number of nitrogens with zero attached hydrogens (tertiary/aromatic N) is 1. The zero-order chi connectivity index (χ0) is 14.6. The minimum atomic E-state index is -0.110. The highest BCUT2D eigenvalue weighted by atomic mass is 16.5. The molecule has 0 atom stereocenters. The van der Waals surface area contributed by atoms with Gasteiger partial charge in [-0.3, -0.25) is 0 Å². The van der Waals surface area contributed by atoms with E-state index in [4.69, 9.17) is 10.5 Å². The smallest absolute Gasteiger partial charge is 0.123 e. The van der Waals surface area contributed by atoms with Gasteiger partial charge in [-0.15, -0.1) is 0 Å². The molecule has 0 radical (unpaired) electrons.